The van der Waals surface area contributed by atoms with E-state index < -0.39 is 0 Å². The van der Waals surface area contributed by atoms with E-state index in [1.807, 2.05) is 0 Å². The van der Waals surface area contributed by atoms with Gasteiger partial charge < -0.3 is 9.47 Å². The molecule has 0 heterocycles. The van der Waals surface area contributed by atoms with Crippen LogP contribution < -0.4 is 9.47 Å². The van der Waals surface area contributed by atoms with E-state index in [-0.39, 0.29) is 5.97 Å². The maximum Gasteiger partial charge on any atom is 0.311 e. The highest BCUT2D eigenvalue weighted by Crippen LogP contribution is 2.21. The molecule has 1 atom stereocenters. The molecule has 0 bridgehead atoms. The third-order valence-electron chi connectivity index (χ3n) is 3.83. The number of unbranched alkanes of at least 4 members (excludes halogenated alkanes) is 1. The summed E-state index contributed by atoms with van der Waals surface area (Å²) in [6.07, 6.45) is 7.54. The first-order valence-electron chi connectivity index (χ1n) is 8.04. The van der Waals surface area contributed by atoms with Crippen molar-refractivity contribution in [2.45, 2.75) is 58.8 Å². The summed E-state index contributed by atoms with van der Waals surface area (Å²) >= 11 is 0. The minimum Gasteiger partial charge on any atom is -0.497 e. The van der Waals surface area contributed by atoms with Crippen LogP contribution >= 0.6 is 0 Å². The molecule has 0 spiro atoms. The number of hydrogen-bond donors (Lipinski definition) is 0. The maximum absolute atomic E-state index is 11.8. The Kier molecular flexibility index (Phi) is 8.56. The van der Waals surface area contributed by atoms with Crippen LogP contribution in [0.1, 0.15) is 58.8 Å². The molecule has 0 aliphatic heterocycles. The van der Waals surface area contributed by atoms with E-state index in [1.165, 1.54) is 25.7 Å². The van der Waals surface area contributed by atoms with Crippen molar-refractivity contribution in [2.24, 2.45) is 5.92 Å². The van der Waals surface area contributed by atoms with Gasteiger partial charge in [0.2, 0.25) is 0 Å². The molecule has 0 saturated carbocycles. The van der Waals surface area contributed by atoms with Crippen molar-refractivity contribution in [3.63, 3.8) is 0 Å². The lowest BCUT2D eigenvalue weighted by Gasteiger charge is -2.13. The highest BCUT2D eigenvalue weighted by Gasteiger charge is 2.09. The molecule has 0 N–H and O–H groups in total. The lowest BCUT2D eigenvalue weighted by Crippen LogP contribution is -2.09. The quantitative estimate of drug-likeness (QED) is 0.450. The number of esters is 1. The number of ether oxygens (including phenoxy) is 2. The molecule has 0 aliphatic carbocycles. The van der Waals surface area contributed by atoms with E-state index in [4.69, 9.17) is 9.47 Å². The van der Waals surface area contributed by atoms with Gasteiger partial charge in [0.05, 0.1) is 7.11 Å². The summed E-state index contributed by atoms with van der Waals surface area (Å²) in [7, 11) is 1.61. The van der Waals surface area contributed by atoms with Gasteiger partial charge in [-0.15, -0.1) is 0 Å². The highest BCUT2D eigenvalue weighted by atomic mass is 16.5. The summed E-state index contributed by atoms with van der Waals surface area (Å²) in [4.78, 5) is 11.8. The zero-order valence-corrected chi connectivity index (χ0v) is 13.6. The summed E-state index contributed by atoms with van der Waals surface area (Å²) in [6.45, 7) is 4.45. The van der Waals surface area contributed by atoms with E-state index in [0.29, 0.717) is 12.2 Å². The zero-order valence-electron chi connectivity index (χ0n) is 13.6. The van der Waals surface area contributed by atoms with E-state index in [2.05, 4.69) is 13.8 Å². The lowest BCUT2D eigenvalue weighted by molar-refractivity contribution is -0.134. The molecule has 0 aromatic heterocycles. The van der Waals surface area contributed by atoms with Crippen LogP contribution in [0.25, 0.3) is 0 Å². The molecule has 0 amide bonds. The molecule has 21 heavy (non-hydrogen) atoms. The Balaban J connectivity index is 2.26. The predicted octanol–water partition coefficient (Wildman–Crippen LogP) is 4.99. The Bertz CT molecular complexity index is 397. The van der Waals surface area contributed by atoms with Crippen molar-refractivity contribution in [1.82, 2.24) is 0 Å². The Morgan fingerprint density at radius 1 is 1.05 bits per heavy atom. The van der Waals surface area contributed by atoms with Crippen molar-refractivity contribution >= 4 is 5.97 Å². The normalized spacial score (nSPS) is 12.0. The largest absolute Gasteiger partial charge is 0.497 e. The summed E-state index contributed by atoms with van der Waals surface area (Å²) in [5.74, 6) is 1.94. The fourth-order valence-electron chi connectivity index (χ4n) is 2.41. The van der Waals surface area contributed by atoms with Gasteiger partial charge in [-0.05, 0) is 43.0 Å². The van der Waals surface area contributed by atoms with Crippen molar-refractivity contribution in [3.8, 4) is 11.5 Å². The minimum absolute atomic E-state index is 0.148. The van der Waals surface area contributed by atoms with Gasteiger partial charge in [-0.25, -0.2) is 0 Å². The molecule has 1 unspecified atom stereocenters. The third kappa shape index (κ3) is 7.16. The van der Waals surface area contributed by atoms with Crippen LogP contribution in [0.15, 0.2) is 24.3 Å². The average Bonchev–Trinajstić information content (AvgIpc) is 2.51. The van der Waals surface area contributed by atoms with Crippen molar-refractivity contribution in [3.05, 3.63) is 24.3 Å². The summed E-state index contributed by atoms with van der Waals surface area (Å²) in [6, 6.07) is 7.10. The Labute approximate surface area is 128 Å². The molecule has 118 valence electrons. The number of carbonyl (C=O) groups excluding carboxylic acids is 1. The molecule has 0 radical (unpaired) electrons. The van der Waals surface area contributed by atoms with Crippen LogP contribution in [0.2, 0.25) is 0 Å². The second-order valence-electron chi connectivity index (χ2n) is 5.46. The number of carbonyl (C=O) groups is 1. The third-order valence-corrected chi connectivity index (χ3v) is 3.83. The second-order valence-corrected chi connectivity index (χ2v) is 5.46. The molecule has 0 saturated heterocycles. The van der Waals surface area contributed by atoms with Gasteiger partial charge in [0, 0.05) is 6.42 Å². The van der Waals surface area contributed by atoms with Crippen LogP contribution in [0.5, 0.6) is 11.5 Å². The first kappa shape index (κ1) is 17.5. The number of rotatable bonds is 10. The van der Waals surface area contributed by atoms with Gasteiger partial charge in [-0.3, -0.25) is 4.79 Å². The van der Waals surface area contributed by atoms with Crippen LogP contribution in [0, 0.1) is 5.92 Å². The fourth-order valence-corrected chi connectivity index (χ4v) is 2.41. The summed E-state index contributed by atoms with van der Waals surface area (Å²) in [5, 5.41) is 0. The first-order chi connectivity index (χ1) is 10.2. The number of hydrogen-bond acceptors (Lipinski definition) is 3. The van der Waals surface area contributed by atoms with Gasteiger partial charge >= 0.3 is 5.97 Å². The molecule has 1 rings (SSSR count). The molecule has 3 heteroatoms. The highest BCUT2D eigenvalue weighted by molar-refractivity contribution is 5.72. The number of methoxy groups -OCH3 is 1. The summed E-state index contributed by atoms with van der Waals surface area (Å²) < 4.78 is 10.4. The smallest absolute Gasteiger partial charge is 0.311 e. The Morgan fingerprint density at radius 2 is 1.67 bits per heavy atom. The molecule has 1 aromatic rings. The SMILES string of the molecule is CCCCC(CC)CCCC(=O)Oc1ccc(OC)cc1. The molecule has 1 aromatic carbocycles. The predicted molar refractivity (Wildman–Crippen MR) is 85.8 cm³/mol. The number of benzene rings is 1. The van der Waals surface area contributed by atoms with E-state index in [1.54, 1.807) is 31.4 Å². The van der Waals surface area contributed by atoms with Crippen molar-refractivity contribution in [1.29, 1.82) is 0 Å². The minimum atomic E-state index is -0.148. The zero-order chi connectivity index (χ0) is 15.5. The molecular formula is C18H28O3. The average molecular weight is 292 g/mol. The lowest BCUT2D eigenvalue weighted by atomic mass is 9.94. The van der Waals surface area contributed by atoms with Gasteiger partial charge in [-0.1, -0.05) is 39.5 Å². The van der Waals surface area contributed by atoms with Crippen LogP contribution in [0.4, 0.5) is 0 Å². The Hall–Kier alpha value is -1.51. The standard InChI is InChI=1S/C18H28O3/c1-4-6-8-15(5-2)9-7-10-18(19)21-17-13-11-16(20-3)12-14-17/h11-15H,4-10H2,1-3H3. The van der Waals surface area contributed by atoms with Gasteiger partial charge in [0.1, 0.15) is 11.5 Å². The van der Waals surface area contributed by atoms with Crippen LogP contribution in [-0.4, -0.2) is 13.1 Å². The van der Waals surface area contributed by atoms with Crippen LogP contribution in [-0.2, 0) is 4.79 Å². The topological polar surface area (TPSA) is 35.5 Å². The molecule has 3 nitrogen and oxygen atoms in total. The molecule has 0 fully saturated rings. The van der Waals surface area contributed by atoms with E-state index >= 15 is 0 Å². The molecular weight excluding hydrogens is 264 g/mol. The van der Waals surface area contributed by atoms with Crippen molar-refractivity contribution < 1.29 is 14.3 Å². The van der Waals surface area contributed by atoms with Gasteiger partial charge in [-0.2, -0.15) is 0 Å². The van der Waals surface area contributed by atoms with Crippen LogP contribution in [0.3, 0.4) is 0 Å². The van der Waals surface area contributed by atoms with Gasteiger partial charge in [0.25, 0.3) is 0 Å². The van der Waals surface area contributed by atoms with E-state index in [0.717, 1.165) is 24.5 Å². The van der Waals surface area contributed by atoms with Crippen molar-refractivity contribution in [2.75, 3.05) is 7.11 Å². The van der Waals surface area contributed by atoms with Gasteiger partial charge in [0.15, 0.2) is 0 Å². The maximum atomic E-state index is 11.8. The van der Waals surface area contributed by atoms with E-state index in [9.17, 15) is 4.79 Å². The first-order valence-corrected chi connectivity index (χ1v) is 8.04. The fraction of sp³-hybridized carbons (Fsp3) is 0.611. The summed E-state index contributed by atoms with van der Waals surface area (Å²) in [5.41, 5.74) is 0. The molecule has 0 aliphatic rings. The second kappa shape index (κ2) is 10.3. The monoisotopic (exact) mass is 292 g/mol. The Morgan fingerprint density at radius 3 is 2.24 bits per heavy atom.